The SMILES string of the molecule is Cc1ccc(S(=O)(=O)NCCS(=O)(=O)N2CCCC2)cc1. The molecule has 0 atom stereocenters. The van der Waals surface area contributed by atoms with Crippen LogP contribution in [-0.2, 0) is 20.0 Å². The van der Waals surface area contributed by atoms with Crippen LogP contribution >= 0.6 is 0 Å². The molecule has 1 fully saturated rings. The fourth-order valence-corrected chi connectivity index (χ4v) is 4.79. The van der Waals surface area contributed by atoms with Gasteiger partial charge in [-0.05, 0) is 31.9 Å². The van der Waals surface area contributed by atoms with Crippen LogP contribution in [0, 0.1) is 6.92 Å². The first-order chi connectivity index (χ1) is 9.81. The molecule has 8 heteroatoms. The fourth-order valence-electron chi connectivity index (χ4n) is 2.20. The Morgan fingerprint density at radius 3 is 2.19 bits per heavy atom. The molecule has 1 N–H and O–H groups in total. The van der Waals surface area contributed by atoms with Crippen molar-refractivity contribution in [1.82, 2.24) is 9.03 Å². The highest BCUT2D eigenvalue weighted by Crippen LogP contribution is 2.13. The zero-order valence-corrected chi connectivity index (χ0v) is 13.6. The zero-order chi connectivity index (χ0) is 15.5. The van der Waals surface area contributed by atoms with Gasteiger partial charge >= 0.3 is 0 Å². The second-order valence-corrected chi connectivity index (χ2v) is 8.99. The molecule has 1 aliphatic rings. The molecule has 1 aromatic carbocycles. The zero-order valence-electron chi connectivity index (χ0n) is 11.9. The number of nitrogens with one attached hydrogen (secondary N) is 1. The van der Waals surface area contributed by atoms with Crippen LogP contribution < -0.4 is 4.72 Å². The van der Waals surface area contributed by atoms with Gasteiger partial charge in [-0.15, -0.1) is 0 Å². The Balaban J connectivity index is 1.94. The van der Waals surface area contributed by atoms with Gasteiger partial charge < -0.3 is 0 Å². The minimum atomic E-state index is -3.66. The lowest BCUT2D eigenvalue weighted by Crippen LogP contribution is -2.36. The van der Waals surface area contributed by atoms with Gasteiger partial charge in [-0.25, -0.2) is 25.9 Å². The van der Waals surface area contributed by atoms with Crippen molar-refractivity contribution in [1.29, 1.82) is 0 Å². The Morgan fingerprint density at radius 1 is 1.05 bits per heavy atom. The first kappa shape index (κ1) is 16.4. The minimum Gasteiger partial charge on any atom is -0.212 e. The monoisotopic (exact) mass is 332 g/mol. The van der Waals surface area contributed by atoms with E-state index in [1.54, 1.807) is 12.1 Å². The smallest absolute Gasteiger partial charge is 0.212 e. The predicted molar refractivity (Wildman–Crippen MR) is 81.0 cm³/mol. The molecule has 6 nitrogen and oxygen atoms in total. The number of nitrogens with zero attached hydrogens (tertiary/aromatic N) is 1. The highest BCUT2D eigenvalue weighted by molar-refractivity contribution is 7.90. The van der Waals surface area contributed by atoms with Gasteiger partial charge in [0.05, 0.1) is 10.6 Å². The Morgan fingerprint density at radius 2 is 1.62 bits per heavy atom. The molecular formula is C13H20N2O4S2. The largest absolute Gasteiger partial charge is 0.240 e. The van der Waals surface area contributed by atoms with E-state index in [-0.39, 0.29) is 17.2 Å². The summed E-state index contributed by atoms with van der Waals surface area (Å²) in [7, 11) is -7.02. The van der Waals surface area contributed by atoms with E-state index in [0.29, 0.717) is 13.1 Å². The maximum absolute atomic E-state index is 12.0. The average Bonchev–Trinajstić information content (AvgIpc) is 2.93. The van der Waals surface area contributed by atoms with E-state index in [1.807, 2.05) is 6.92 Å². The third-order valence-electron chi connectivity index (χ3n) is 3.44. The van der Waals surface area contributed by atoms with Crippen LogP contribution in [0.25, 0.3) is 0 Å². The van der Waals surface area contributed by atoms with Crippen molar-refractivity contribution in [3.63, 3.8) is 0 Å². The number of aryl methyl sites for hydroxylation is 1. The molecular weight excluding hydrogens is 312 g/mol. The van der Waals surface area contributed by atoms with Crippen molar-refractivity contribution in [3.05, 3.63) is 29.8 Å². The van der Waals surface area contributed by atoms with Gasteiger partial charge in [0.2, 0.25) is 20.0 Å². The molecule has 1 saturated heterocycles. The van der Waals surface area contributed by atoms with E-state index in [1.165, 1.54) is 16.4 Å². The second kappa shape index (κ2) is 6.43. The van der Waals surface area contributed by atoms with Crippen LogP contribution in [0.3, 0.4) is 0 Å². The molecule has 0 spiro atoms. The quantitative estimate of drug-likeness (QED) is 0.831. The highest BCUT2D eigenvalue weighted by atomic mass is 32.2. The molecule has 1 heterocycles. The molecule has 0 amide bonds. The van der Waals surface area contributed by atoms with E-state index in [4.69, 9.17) is 0 Å². The van der Waals surface area contributed by atoms with Crippen molar-refractivity contribution in [3.8, 4) is 0 Å². The Hall–Kier alpha value is -0.960. The molecule has 0 aliphatic carbocycles. The fraction of sp³-hybridized carbons (Fsp3) is 0.538. The molecule has 118 valence electrons. The van der Waals surface area contributed by atoms with Gasteiger partial charge in [0.1, 0.15) is 0 Å². The molecule has 0 bridgehead atoms. The lowest BCUT2D eigenvalue weighted by Gasteiger charge is -2.15. The number of hydrogen-bond donors (Lipinski definition) is 1. The second-order valence-electron chi connectivity index (χ2n) is 5.13. The van der Waals surface area contributed by atoms with Crippen LogP contribution in [0.15, 0.2) is 29.2 Å². The normalized spacial score (nSPS) is 17.2. The topological polar surface area (TPSA) is 83.5 Å². The van der Waals surface area contributed by atoms with Gasteiger partial charge in [0.15, 0.2) is 0 Å². The summed E-state index contributed by atoms with van der Waals surface area (Å²) in [6.07, 6.45) is 1.74. The van der Waals surface area contributed by atoms with Crippen LogP contribution in [0.1, 0.15) is 18.4 Å². The van der Waals surface area contributed by atoms with Crippen LogP contribution in [0.4, 0.5) is 0 Å². The lowest BCUT2D eigenvalue weighted by atomic mass is 10.2. The molecule has 0 unspecified atom stereocenters. The third kappa shape index (κ3) is 4.26. The highest BCUT2D eigenvalue weighted by Gasteiger charge is 2.25. The standard InChI is InChI=1S/C13H20N2O4S2/c1-12-4-6-13(7-5-12)21(18,19)14-8-11-20(16,17)15-9-2-3-10-15/h4-7,14H,2-3,8-11H2,1H3. The van der Waals surface area contributed by atoms with Crippen molar-refractivity contribution in [2.45, 2.75) is 24.7 Å². The lowest BCUT2D eigenvalue weighted by molar-refractivity contribution is 0.477. The Kier molecular flexibility index (Phi) is 5.03. The predicted octanol–water partition coefficient (Wildman–Crippen LogP) is 0.699. The van der Waals surface area contributed by atoms with E-state index >= 15 is 0 Å². The van der Waals surface area contributed by atoms with E-state index < -0.39 is 20.0 Å². The van der Waals surface area contributed by atoms with E-state index in [9.17, 15) is 16.8 Å². The van der Waals surface area contributed by atoms with E-state index in [0.717, 1.165) is 18.4 Å². The van der Waals surface area contributed by atoms with Crippen LogP contribution in [0.5, 0.6) is 0 Å². The summed E-state index contributed by atoms with van der Waals surface area (Å²) in [5.41, 5.74) is 0.963. The maximum Gasteiger partial charge on any atom is 0.240 e. The molecule has 21 heavy (non-hydrogen) atoms. The number of benzene rings is 1. The number of hydrogen-bond acceptors (Lipinski definition) is 4. The van der Waals surface area contributed by atoms with Gasteiger partial charge in [-0.1, -0.05) is 17.7 Å². The Bertz CT molecular complexity index is 675. The number of sulfonamides is 2. The van der Waals surface area contributed by atoms with Crippen molar-refractivity contribution in [2.75, 3.05) is 25.4 Å². The molecule has 1 aromatic rings. The first-order valence-corrected chi connectivity index (χ1v) is 9.95. The maximum atomic E-state index is 12.0. The summed E-state index contributed by atoms with van der Waals surface area (Å²) in [5.74, 6) is -0.210. The summed E-state index contributed by atoms with van der Waals surface area (Å²) in [4.78, 5) is 0.145. The summed E-state index contributed by atoms with van der Waals surface area (Å²) in [6, 6.07) is 6.42. The van der Waals surface area contributed by atoms with Gasteiger partial charge in [0.25, 0.3) is 0 Å². The molecule has 0 aromatic heterocycles. The van der Waals surface area contributed by atoms with Crippen molar-refractivity contribution >= 4 is 20.0 Å². The molecule has 2 rings (SSSR count). The van der Waals surface area contributed by atoms with Crippen LogP contribution in [-0.4, -0.2) is 46.5 Å². The number of rotatable bonds is 6. The van der Waals surface area contributed by atoms with Gasteiger partial charge in [0, 0.05) is 19.6 Å². The first-order valence-electron chi connectivity index (χ1n) is 6.85. The van der Waals surface area contributed by atoms with Gasteiger partial charge in [-0.2, -0.15) is 0 Å². The van der Waals surface area contributed by atoms with Gasteiger partial charge in [-0.3, -0.25) is 0 Å². The summed E-state index contributed by atoms with van der Waals surface area (Å²) < 4.78 is 51.8. The summed E-state index contributed by atoms with van der Waals surface area (Å²) in [6.45, 7) is 2.82. The molecule has 0 radical (unpaired) electrons. The van der Waals surface area contributed by atoms with Crippen molar-refractivity contribution < 1.29 is 16.8 Å². The molecule has 0 saturated carbocycles. The van der Waals surface area contributed by atoms with E-state index in [2.05, 4.69) is 4.72 Å². The minimum absolute atomic E-state index is 0.116. The third-order valence-corrected chi connectivity index (χ3v) is 6.79. The average molecular weight is 332 g/mol. The Labute approximate surface area is 126 Å². The molecule has 1 aliphatic heterocycles. The van der Waals surface area contributed by atoms with Crippen molar-refractivity contribution in [2.24, 2.45) is 0 Å². The summed E-state index contributed by atoms with van der Waals surface area (Å²) >= 11 is 0. The summed E-state index contributed by atoms with van der Waals surface area (Å²) in [5, 5.41) is 0. The van der Waals surface area contributed by atoms with Crippen LogP contribution in [0.2, 0.25) is 0 Å².